The molecule has 1 aliphatic heterocycles. The number of nitrogens with zero attached hydrogens (tertiary/aromatic N) is 6. The first-order chi connectivity index (χ1) is 24.4. The van der Waals surface area contributed by atoms with Gasteiger partial charge in [0.05, 0.1) is 44.3 Å². The van der Waals surface area contributed by atoms with Gasteiger partial charge in [-0.2, -0.15) is 15.2 Å². The molecule has 2 aromatic heterocycles. The van der Waals surface area contributed by atoms with Crippen molar-refractivity contribution in [2.75, 3.05) is 50.2 Å². The summed E-state index contributed by atoms with van der Waals surface area (Å²) in [6.07, 6.45) is 5.51. The summed E-state index contributed by atoms with van der Waals surface area (Å²) in [4.78, 5) is 20.1. The SMILES string of the molecule is CCCC.COc1cc(C(C)C)c(Oc2cnc(N)nc2N)cc1C#N.COc1cc(C(C)C)c(Oc2cnc(N)nc2N)cc1C1=NCCN1. The van der Waals surface area contributed by atoms with Crippen molar-refractivity contribution < 1.29 is 18.9 Å². The number of nitriles is 1. The highest BCUT2D eigenvalue weighted by Crippen LogP contribution is 2.39. The third-order valence-electron chi connectivity index (χ3n) is 7.50. The molecule has 0 aliphatic carbocycles. The number of hydrogen-bond donors (Lipinski definition) is 5. The molecule has 3 heterocycles. The lowest BCUT2D eigenvalue weighted by Crippen LogP contribution is -2.20. The van der Waals surface area contributed by atoms with Gasteiger partial charge in [-0.25, -0.2) is 9.97 Å². The third-order valence-corrected chi connectivity index (χ3v) is 7.50. The lowest BCUT2D eigenvalue weighted by atomic mass is 9.99. The lowest BCUT2D eigenvalue weighted by molar-refractivity contribution is 0.409. The fourth-order valence-electron chi connectivity index (χ4n) is 4.61. The van der Waals surface area contributed by atoms with Gasteiger partial charge in [0, 0.05) is 23.7 Å². The van der Waals surface area contributed by atoms with Gasteiger partial charge in [0.2, 0.25) is 11.9 Å². The van der Waals surface area contributed by atoms with Gasteiger partial charge < -0.3 is 47.2 Å². The zero-order chi connectivity index (χ0) is 37.7. The third kappa shape index (κ3) is 10.5. The molecular formula is C36H49N11O4. The minimum Gasteiger partial charge on any atom is -0.496 e. The van der Waals surface area contributed by atoms with Crippen molar-refractivity contribution in [1.29, 1.82) is 5.26 Å². The topological polar surface area (TPSA) is 241 Å². The molecule has 4 aromatic rings. The van der Waals surface area contributed by atoms with Crippen molar-refractivity contribution in [2.24, 2.45) is 4.99 Å². The van der Waals surface area contributed by atoms with Crippen LogP contribution < -0.4 is 47.2 Å². The van der Waals surface area contributed by atoms with E-state index in [9.17, 15) is 5.26 Å². The van der Waals surface area contributed by atoms with E-state index < -0.39 is 0 Å². The normalized spacial score (nSPS) is 11.7. The molecule has 2 aromatic carbocycles. The van der Waals surface area contributed by atoms with Gasteiger partial charge in [-0.15, -0.1) is 0 Å². The van der Waals surface area contributed by atoms with Gasteiger partial charge >= 0.3 is 0 Å². The molecule has 15 nitrogen and oxygen atoms in total. The molecule has 5 rings (SSSR count). The van der Waals surface area contributed by atoms with Gasteiger partial charge in [0.15, 0.2) is 23.1 Å². The number of unbranched alkanes of at least 4 members (excludes halogenated alkanes) is 1. The number of rotatable bonds is 10. The van der Waals surface area contributed by atoms with E-state index in [0.717, 1.165) is 41.4 Å². The number of nitrogens with two attached hydrogens (primary N) is 4. The highest BCUT2D eigenvalue weighted by atomic mass is 16.5. The molecule has 0 unspecified atom stereocenters. The molecule has 0 amide bonds. The fourth-order valence-corrected chi connectivity index (χ4v) is 4.61. The molecular weight excluding hydrogens is 650 g/mol. The number of methoxy groups -OCH3 is 2. The zero-order valence-corrected chi connectivity index (χ0v) is 30.6. The van der Waals surface area contributed by atoms with E-state index in [2.05, 4.69) is 64.0 Å². The number of anilines is 4. The predicted octanol–water partition coefficient (Wildman–Crippen LogP) is 6.16. The van der Waals surface area contributed by atoms with Crippen LogP contribution in [0, 0.1) is 11.3 Å². The lowest BCUT2D eigenvalue weighted by Gasteiger charge is -2.18. The standard InChI is InChI=1S/C17H22N6O2.C15H17N5O2.C4H10/c1-9(2)10-6-12(24-3)11(16-20-4-5-21-16)7-13(10)25-14-8-22-17(19)23-15(14)18;1-8(2)10-5-11(21-3)9(6-16)4-12(10)22-13-7-19-15(18)20-14(13)17;1-3-4-2/h6-9H,4-5H2,1-3H3,(H,20,21)(H4,18,19,22,23);4-5,7-8H,1-3H3,(H4,17,18,19,20);3-4H2,1-2H3. The molecule has 51 heavy (non-hydrogen) atoms. The maximum atomic E-state index is 9.21. The molecule has 0 fully saturated rings. The van der Waals surface area contributed by atoms with Crippen LogP contribution in [0.25, 0.3) is 0 Å². The minimum absolute atomic E-state index is 0.0707. The molecule has 0 atom stereocenters. The maximum absolute atomic E-state index is 9.21. The average Bonchev–Trinajstić information content (AvgIpc) is 3.65. The molecule has 9 N–H and O–H groups in total. The minimum atomic E-state index is 0.0707. The van der Waals surface area contributed by atoms with E-state index in [1.807, 2.05) is 26.0 Å². The van der Waals surface area contributed by atoms with Gasteiger partial charge in [-0.05, 0) is 30.0 Å². The van der Waals surface area contributed by atoms with E-state index in [-0.39, 0.29) is 41.1 Å². The molecule has 1 aliphatic rings. The van der Waals surface area contributed by atoms with Crippen LogP contribution in [0.4, 0.5) is 23.5 Å². The Morgan fingerprint density at radius 3 is 1.61 bits per heavy atom. The first-order valence-corrected chi connectivity index (χ1v) is 16.6. The summed E-state index contributed by atoms with van der Waals surface area (Å²) in [6.45, 7) is 14.1. The summed E-state index contributed by atoms with van der Waals surface area (Å²) in [5.41, 5.74) is 25.8. The van der Waals surface area contributed by atoms with Crippen LogP contribution in [-0.2, 0) is 0 Å². The Morgan fingerprint density at radius 2 is 1.22 bits per heavy atom. The van der Waals surface area contributed by atoms with Crippen LogP contribution in [-0.4, -0.2) is 53.1 Å². The van der Waals surface area contributed by atoms with Crippen LogP contribution in [0.15, 0.2) is 41.7 Å². The van der Waals surface area contributed by atoms with Crippen molar-refractivity contribution >= 4 is 29.4 Å². The number of benzene rings is 2. The Labute approximate surface area is 299 Å². The highest BCUT2D eigenvalue weighted by molar-refractivity contribution is 6.02. The number of nitrogens with one attached hydrogen (secondary N) is 1. The van der Waals surface area contributed by atoms with Crippen molar-refractivity contribution in [1.82, 2.24) is 25.3 Å². The Bertz CT molecular complexity index is 1850. The van der Waals surface area contributed by atoms with Crippen LogP contribution >= 0.6 is 0 Å². The average molecular weight is 700 g/mol. The number of nitrogen functional groups attached to an aromatic ring is 4. The quantitative estimate of drug-likeness (QED) is 0.125. The number of ether oxygens (including phenoxy) is 4. The zero-order valence-electron chi connectivity index (χ0n) is 30.6. The van der Waals surface area contributed by atoms with Crippen LogP contribution in [0.3, 0.4) is 0 Å². The molecule has 0 saturated heterocycles. The number of aliphatic imine (C=N–C) groups is 1. The summed E-state index contributed by atoms with van der Waals surface area (Å²) in [7, 11) is 3.16. The Balaban J connectivity index is 0.000000251. The van der Waals surface area contributed by atoms with Gasteiger partial charge in [-0.3, -0.25) is 4.99 Å². The van der Waals surface area contributed by atoms with Crippen LogP contribution in [0.5, 0.6) is 34.5 Å². The maximum Gasteiger partial charge on any atom is 0.222 e. The first kappa shape index (κ1) is 39.4. The van der Waals surface area contributed by atoms with Crippen molar-refractivity contribution in [3.63, 3.8) is 0 Å². The van der Waals surface area contributed by atoms with E-state index in [1.165, 1.54) is 32.3 Å². The smallest absolute Gasteiger partial charge is 0.222 e. The second-order valence-corrected chi connectivity index (χ2v) is 11.9. The van der Waals surface area contributed by atoms with E-state index in [1.54, 1.807) is 19.2 Å². The van der Waals surface area contributed by atoms with Crippen molar-refractivity contribution in [3.8, 4) is 40.6 Å². The fraction of sp³-hybridized carbons (Fsp3) is 0.389. The molecule has 0 bridgehead atoms. The highest BCUT2D eigenvalue weighted by Gasteiger charge is 2.21. The second-order valence-electron chi connectivity index (χ2n) is 11.9. The number of hydrogen-bond acceptors (Lipinski definition) is 15. The van der Waals surface area contributed by atoms with Gasteiger partial charge in [-0.1, -0.05) is 54.4 Å². The summed E-state index contributed by atoms with van der Waals surface area (Å²) < 4.78 is 22.6. The largest absolute Gasteiger partial charge is 0.496 e. The van der Waals surface area contributed by atoms with E-state index in [0.29, 0.717) is 28.6 Å². The van der Waals surface area contributed by atoms with E-state index >= 15 is 0 Å². The predicted molar refractivity (Wildman–Crippen MR) is 201 cm³/mol. The molecule has 272 valence electrons. The summed E-state index contributed by atoms with van der Waals surface area (Å²) in [6, 6.07) is 9.34. The van der Waals surface area contributed by atoms with E-state index in [4.69, 9.17) is 41.9 Å². The monoisotopic (exact) mass is 699 g/mol. The Hall–Kier alpha value is -6.04. The Kier molecular flexibility index (Phi) is 14.4. The van der Waals surface area contributed by atoms with Gasteiger partial charge in [0.25, 0.3) is 0 Å². The number of amidine groups is 1. The van der Waals surface area contributed by atoms with Crippen molar-refractivity contribution in [3.05, 3.63) is 58.9 Å². The molecule has 15 heteroatoms. The second kappa shape index (κ2) is 18.6. The Morgan fingerprint density at radius 1 is 0.725 bits per heavy atom. The van der Waals surface area contributed by atoms with Gasteiger partial charge in [0.1, 0.15) is 34.9 Å². The first-order valence-electron chi connectivity index (χ1n) is 16.6. The summed E-state index contributed by atoms with van der Waals surface area (Å²) in [5.74, 6) is 4.71. The van der Waals surface area contributed by atoms with Crippen LogP contribution in [0.2, 0.25) is 0 Å². The van der Waals surface area contributed by atoms with Crippen LogP contribution in [0.1, 0.15) is 88.5 Å². The molecule has 0 spiro atoms. The van der Waals surface area contributed by atoms with Crippen molar-refractivity contribution in [2.45, 2.75) is 66.2 Å². The summed E-state index contributed by atoms with van der Waals surface area (Å²) in [5, 5.41) is 12.5. The molecule has 0 radical (unpaired) electrons. The molecule has 0 saturated carbocycles. The summed E-state index contributed by atoms with van der Waals surface area (Å²) >= 11 is 0. The number of aromatic nitrogens is 4.